The summed E-state index contributed by atoms with van der Waals surface area (Å²) >= 11 is 6.60. The topological polar surface area (TPSA) is 24.7 Å². The van der Waals surface area contributed by atoms with Crippen molar-refractivity contribution in [3.63, 3.8) is 0 Å². The molecule has 0 radical (unpaired) electrons. The molecule has 4 rings (SSSR count). The van der Waals surface area contributed by atoms with Crippen LogP contribution in [-0.4, -0.2) is 5.17 Å². The van der Waals surface area contributed by atoms with Crippen LogP contribution in [0.1, 0.15) is 11.1 Å². The third-order valence-corrected chi connectivity index (χ3v) is 7.53. The van der Waals surface area contributed by atoms with Crippen LogP contribution in [-0.2, 0) is 0 Å². The maximum absolute atomic E-state index is 6.60. The summed E-state index contributed by atoms with van der Waals surface area (Å²) in [6, 6.07) is 26.7. The summed E-state index contributed by atoms with van der Waals surface area (Å²) in [5, 5.41) is 2.77. The second kappa shape index (κ2) is 6.05. The van der Waals surface area contributed by atoms with Gasteiger partial charge in [0, 0.05) is 16.2 Å². The molecule has 0 spiro atoms. The molecular weight excluding hydrogens is 335 g/mol. The van der Waals surface area contributed by atoms with E-state index < -0.39 is 7.21 Å². The van der Waals surface area contributed by atoms with Crippen molar-refractivity contribution in [1.82, 2.24) is 0 Å². The second-order valence-electron chi connectivity index (χ2n) is 5.78. The summed E-state index contributed by atoms with van der Waals surface area (Å²) in [5.74, 6) is 0. The summed E-state index contributed by atoms with van der Waals surface area (Å²) in [5.41, 5.74) is 3.00. The van der Waals surface area contributed by atoms with Gasteiger partial charge in [0.15, 0.2) is 0 Å². The number of nitrogens with zero attached hydrogens (tertiary/aromatic N) is 2. The molecule has 0 fully saturated rings. The van der Waals surface area contributed by atoms with Crippen LogP contribution >= 0.6 is 18.8 Å². The Labute approximate surface area is 147 Å². The van der Waals surface area contributed by atoms with E-state index in [1.54, 1.807) is 0 Å². The maximum Gasteiger partial charge on any atom is 0.139 e. The molecule has 0 aliphatic carbocycles. The molecule has 2 nitrogen and oxygen atoms in total. The maximum atomic E-state index is 6.60. The Hall–Kier alpha value is -2.15. The fourth-order valence-corrected chi connectivity index (χ4v) is 6.22. The van der Waals surface area contributed by atoms with Crippen LogP contribution in [0.3, 0.4) is 0 Å². The number of benzene rings is 3. The predicted molar refractivity (Wildman–Crippen MR) is 105 cm³/mol. The van der Waals surface area contributed by atoms with Crippen LogP contribution in [0.5, 0.6) is 0 Å². The molecule has 1 aliphatic heterocycles. The number of hydrogen-bond donors (Lipinski definition) is 0. The molecule has 1 heterocycles. The highest BCUT2D eigenvalue weighted by molar-refractivity contribution is 7.80. The Morgan fingerprint density at radius 2 is 1.38 bits per heavy atom. The molecule has 3 aromatic carbocycles. The first-order chi connectivity index (χ1) is 11.7. The smallest absolute Gasteiger partial charge is 0.139 e. The van der Waals surface area contributed by atoms with Crippen molar-refractivity contribution in [2.24, 2.45) is 9.51 Å². The largest absolute Gasteiger partial charge is 0.235 e. The van der Waals surface area contributed by atoms with E-state index in [0.29, 0.717) is 5.17 Å². The van der Waals surface area contributed by atoms with Crippen LogP contribution in [0.25, 0.3) is 0 Å². The molecule has 4 heteroatoms. The van der Waals surface area contributed by atoms with Gasteiger partial charge in [-0.1, -0.05) is 78.3 Å². The molecular formula is C20H16ClN2P. The van der Waals surface area contributed by atoms with Crippen molar-refractivity contribution in [2.75, 3.05) is 0 Å². The van der Waals surface area contributed by atoms with E-state index in [0.717, 1.165) is 21.9 Å². The Morgan fingerprint density at radius 3 is 1.96 bits per heavy atom. The molecule has 0 unspecified atom stereocenters. The van der Waals surface area contributed by atoms with Gasteiger partial charge in [-0.25, -0.2) is 9.51 Å². The zero-order chi connectivity index (χ0) is 16.6. The Kier molecular flexibility index (Phi) is 3.88. The molecule has 0 bridgehead atoms. The lowest BCUT2D eigenvalue weighted by Crippen LogP contribution is -2.17. The molecule has 0 atom stereocenters. The van der Waals surface area contributed by atoms with Crippen molar-refractivity contribution < 1.29 is 0 Å². The van der Waals surface area contributed by atoms with E-state index in [-0.39, 0.29) is 0 Å². The van der Waals surface area contributed by atoms with E-state index in [1.165, 1.54) is 5.56 Å². The molecule has 118 valence electrons. The van der Waals surface area contributed by atoms with Gasteiger partial charge in [-0.05, 0) is 24.6 Å². The Bertz CT molecular complexity index is 936. The highest BCUT2D eigenvalue weighted by Gasteiger charge is 2.29. The minimum Gasteiger partial charge on any atom is -0.235 e. The monoisotopic (exact) mass is 350 g/mol. The number of rotatable bonds is 2. The number of halogens is 1. The summed E-state index contributed by atoms with van der Waals surface area (Å²) in [4.78, 5) is 0. The van der Waals surface area contributed by atoms with E-state index in [2.05, 4.69) is 37.3 Å². The van der Waals surface area contributed by atoms with Crippen LogP contribution in [0.2, 0.25) is 0 Å². The van der Waals surface area contributed by atoms with Gasteiger partial charge < -0.3 is 0 Å². The minimum atomic E-state index is -2.32. The quantitative estimate of drug-likeness (QED) is 0.553. The normalized spacial score (nSPS) is 15.2. The fraction of sp³-hybridized carbons (Fsp3) is 0.0500. The molecule has 0 saturated heterocycles. The Morgan fingerprint density at radius 1 is 0.792 bits per heavy atom. The van der Waals surface area contributed by atoms with Crippen LogP contribution in [0, 0.1) is 6.92 Å². The average Bonchev–Trinajstić information content (AvgIpc) is 2.62. The van der Waals surface area contributed by atoms with Gasteiger partial charge in [0.05, 0.1) is 5.69 Å². The van der Waals surface area contributed by atoms with E-state index >= 15 is 0 Å². The van der Waals surface area contributed by atoms with Gasteiger partial charge in [0.25, 0.3) is 0 Å². The van der Waals surface area contributed by atoms with Crippen LogP contribution < -0.4 is 10.6 Å². The summed E-state index contributed by atoms with van der Waals surface area (Å²) < 4.78 is 10.1. The van der Waals surface area contributed by atoms with E-state index in [4.69, 9.17) is 21.1 Å². The molecule has 0 amide bonds. The first kappa shape index (κ1) is 15.4. The highest BCUT2D eigenvalue weighted by atomic mass is 35.5. The zero-order valence-corrected chi connectivity index (χ0v) is 14.9. The van der Waals surface area contributed by atoms with Gasteiger partial charge in [-0.15, -0.1) is 0 Å². The molecule has 0 saturated carbocycles. The number of fused-ring (bicyclic) bond motifs is 1. The summed E-state index contributed by atoms with van der Waals surface area (Å²) in [6.45, 7) is 2.07. The van der Waals surface area contributed by atoms with Crippen molar-refractivity contribution in [1.29, 1.82) is 0 Å². The molecule has 0 N–H and O–H groups in total. The first-order valence-corrected chi connectivity index (χ1v) is 9.87. The first-order valence-electron chi connectivity index (χ1n) is 7.79. The SMILES string of the molecule is Cc1ccc2c(c1)N=P(c1ccccc1)(c1ccccc1)N=C2Cl. The van der Waals surface area contributed by atoms with Gasteiger partial charge in [0.2, 0.25) is 0 Å². The van der Waals surface area contributed by atoms with Crippen LogP contribution in [0.4, 0.5) is 5.69 Å². The van der Waals surface area contributed by atoms with Crippen LogP contribution in [0.15, 0.2) is 88.4 Å². The highest BCUT2D eigenvalue weighted by Crippen LogP contribution is 2.55. The fourth-order valence-electron chi connectivity index (χ4n) is 2.91. The van der Waals surface area contributed by atoms with E-state index in [9.17, 15) is 0 Å². The van der Waals surface area contributed by atoms with Crippen molar-refractivity contribution >= 4 is 40.3 Å². The molecule has 1 aliphatic rings. The van der Waals surface area contributed by atoms with Gasteiger partial charge in [0.1, 0.15) is 12.4 Å². The zero-order valence-electron chi connectivity index (χ0n) is 13.2. The minimum absolute atomic E-state index is 0.543. The van der Waals surface area contributed by atoms with Gasteiger partial charge in [-0.3, -0.25) is 0 Å². The van der Waals surface area contributed by atoms with Crippen molar-refractivity contribution in [2.45, 2.75) is 6.92 Å². The summed E-state index contributed by atoms with van der Waals surface area (Å²) in [7, 11) is -2.32. The molecule has 24 heavy (non-hydrogen) atoms. The number of hydrogen-bond acceptors (Lipinski definition) is 2. The van der Waals surface area contributed by atoms with E-state index in [1.807, 2.05) is 48.5 Å². The third-order valence-electron chi connectivity index (χ3n) is 4.09. The van der Waals surface area contributed by atoms with Gasteiger partial charge in [-0.2, -0.15) is 0 Å². The summed E-state index contributed by atoms with van der Waals surface area (Å²) in [6.07, 6.45) is 0. The predicted octanol–water partition coefficient (Wildman–Crippen LogP) is 5.39. The average molecular weight is 351 g/mol. The van der Waals surface area contributed by atoms with Crippen molar-refractivity contribution in [3.8, 4) is 0 Å². The lowest BCUT2D eigenvalue weighted by atomic mass is 10.1. The Balaban J connectivity index is 2.10. The third kappa shape index (κ3) is 2.53. The van der Waals surface area contributed by atoms with Crippen molar-refractivity contribution in [3.05, 3.63) is 90.0 Å². The number of aryl methyl sites for hydroxylation is 1. The van der Waals surface area contributed by atoms with Gasteiger partial charge >= 0.3 is 0 Å². The standard InChI is InChI=1S/C20H16ClN2P/c1-15-12-13-18-19(14-15)22-24(23-20(18)21,16-8-4-2-5-9-16)17-10-6-3-7-11-17/h2-14H,1H3. The lowest BCUT2D eigenvalue weighted by Gasteiger charge is -2.26. The second-order valence-corrected chi connectivity index (χ2v) is 8.78. The lowest BCUT2D eigenvalue weighted by molar-refractivity contribution is 1.41. The molecule has 0 aromatic heterocycles. The molecule has 3 aromatic rings.